The predicted octanol–water partition coefficient (Wildman–Crippen LogP) is 1.09. The van der Waals surface area contributed by atoms with Gasteiger partial charge in [-0.2, -0.15) is 0 Å². The number of halogens is 1. The zero-order chi connectivity index (χ0) is 7.40. The molecule has 1 aromatic heterocycles. The summed E-state index contributed by atoms with van der Waals surface area (Å²) in [5, 5.41) is 0. The van der Waals surface area contributed by atoms with E-state index in [1.165, 1.54) is 12.4 Å². The molecular weight excluding hydrogens is 135 g/mol. The van der Waals surface area contributed by atoms with Crippen molar-refractivity contribution in [2.45, 2.75) is 6.92 Å². The van der Waals surface area contributed by atoms with Gasteiger partial charge in [0.1, 0.15) is 0 Å². The van der Waals surface area contributed by atoms with Crippen molar-refractivity contribution in [1.82, 2.24) is 9.97 Å². The Morgan fingerprint density at radius 3 is 2.80 bits per heavy atom. The van der Waals surface area contributed by atoms with E-state index in [0.29, 0.717) is 0 Å². The summed E-state index contributed by atoms with van der Waals surface area (Å²) < 4.78 is 15.9. The molecule has 0 atom stereocenters. The molecule has 10 heavy (non-hydrogen) atoms. The maximum absolute atomic E-state index is 11.5. The Hall–Kier alpha value is -1.19. The third-order valence-electron chi connectivity index (χ3n) is 0.960. The molecule has 1 heterocycles. The highest BCUT2D eigenvalue weighted by atomic mass is 19.1. The lowest BCUT2D eigenvalue weighted by molar-refractivity contribution is 0.184. The van der Waals surface area contributed by atoms with Crippen molar-refractivity contribution in [1.29, 1.82) is 0 Å². The first-order valence-corrected chi connectivity index (χ1v) is 2.80. The standard InChI is InChI=1S/C6H7FN2O/c1-5-2-9-6(3-8-5)10-4-7/h2-3H,4H2,1H3. The van der Waals surface area contributed by atoms with Crippen LogP contribution in [-0.4, -0.2) is 16.8 Å². The van der Waals surface area contributed by atoms with Gasteiger partial charge in [0.2, 0.25) is 12.7 Å². The summed E-state index contributed by atoms with van der Waals surface area (Å²) in [6.45, 7) is 0.934. The van der Waals surface area contributed by atoms with Crippen molar-refractivity contribution in [2.24, 2.45) is 0 Å². The Balaban J connectivity index is 2.69. The third-order valence-corrected chi connectivity index (χ3v) is 0.960. The smallest absolute Gasteiger partial charge is 0.234 e. The van der Waals surface area contributed by atoms with Gasteiger partial charge in [0.15, 0.2) is 0 Å². The Morgan fingerprint density at radius 1 is 1.50 bits per heavy atom. The second kappa shape index (κ2) is 3.10. The maximum Gasteiger partial charge on any atom is 0.234 e. The number of hydrogen-bond acceptors (Lipinski definition) is 3. The highest BCUT2D eigenvalue weighted by Gasteiger charge is 1.92. The van der Waals surface area contributed by atoms with Gasteiger partial charge in [0, 0.05) is 0 Å². The lowest BCUT2D eigenvalue weighted by Crippen LogP contribution is -1.94. The van der Waals surface area contributed by atoms with Crippen LogP contribution < -0.4 is 4.74 Å². The van der Waals surface area contributed by atoms with Crippen LogP contribution >= 0.6 is 0 Å². The average Bonchev–Trinajstić information content (AvgIpc) is 1.95. The summed E-state index contributed by atoms with van der Waals surface area (Å²) in [6.07, 6.45) is 2.90. The van der Waals surface area contributed by atoms with Gasteiger partial charge in [-0.15, -0.1) is 0 Å². The van der Waals surface area contributed by atoms with Crippen molar-refractivity contribution >= 4 is 0 Å². The van der Waals surface area contributed by atoms with E-state index in [0.717, 1.165) is 5.69 Å². The highest BCUT2D eigenvalue weighted by Crippen LogP contribution is 2.02. The van der Waals surface area contributed by atoms with Gasteiger partial charge in [-0.3, -0.25) is 4.98 Å². The molecule has 0 bridgehead atoms. The van der Waals surface area contributed by atoms with Crippen LogP contribution in [0.15, 0.2) is 12.4 Å². The number of alkyl halides is 1. The Bertz CT molecular complexity index is 199. The van der Waals surface area contributed by atoms with Gasteiger partial charge in [-0.25, -0.2) is 9.37 Å². The zero-order valence-corrected chi connectivity index (χ0v) is 5.54. The molecule has 0 amide bonds. The van der Waals surface area contributed by atoms with Crippen molar-refractivity contribution in [3.8, 4) is 5.88 Å². The van der Waals surface area contributed by atoms with E-state index >= 15 is 0 Å². The van der Waals surface area contributed by atoms with E-state index < -0.39 is 6.86 Å². The van der Waals surface area contributed by atoms with Gasteiger partial charge in [0.25, 0.3) is 0 Å². The topological polar surface area (TPSA) is 35.0 Å². The Kier molecular flexibility index (Phi) is 2.15. The van der Waals surface area contributed by atoms with Crippen LogP contribution in [0, 0.1) is 6.92 Å². The molecule has 0 spiro atoms. The summed E-state index contributed by atoms with van der Waals surface area (Å²) >= 11 is 0. The van der Waals surface area contributed by atoms with Gasteiger partial charge in [-0.1, -0.05) is 0 Å². The minimum atomic E-state index is -0.863. The van der Waals surface area contributed by atoms with E-state index in [-0.39, 0.29) is 5.88 Å². The number of rotatable bonds is 2. The van der Waals surface area contributed by atoms with Gasteiger partial charge >= 0.3 is 0 Å². The molecule has 0 unspecified atom stereocenters. The van der Waals surface area contributed by atoms with Crippen LogP contribution in [0.4, 0.5) is 4.39 Å². The molecule has 1 aromatic rings. The van der Waals surface area contributed by atoms with Crippen LogP contribution in [0.2, 0.25) is 0 Å². The molecule has 1 rings (SSSR count). The second-order valence-electron chi connectivity index (χ2n) is 1.75. The first-order valence-electron chi connectivity index (χ1n) is 2.80. The minimum Gasteiger partial charge on any atom is -0.445 e. The maximum atomic E-state index is 11.5. The Labute approximate surface area is 57.9 Å². The molecule has 3 nitrogen and oxygen atoms in total. The SMILES string of the molecule is Cc1cnc(OCF)cn1. The highest BCUT2D eigenvalue weighted by molar-refractivity contribution is 5.05. The fourth-order valence-corrected chi connectivity index (χ4v) is 0.511. The van der Waals surface area contributed by atoms with Crippen molar-refractivity contribution < 1.29 is 9.13 Å². The second-order valence-corrected chi connectivity index (χ2v) is 1.75. The van der Waals surface area contributed by atoms with Gasteiger partial charge in [0.05, 0.1) is 18.1 Å². The van der Waals surface area contributed by atoms with Crippen LogP contribution in [0.3, 0.4) is 0 Å². The third kappa shape index (κ3) is 1.65. The van der Waals surface area contributed by atoms with E-state index in [1.807, 2.05) is 0 Å². The summed E-state index contributed by atoms with van der Waals surface area (Å²) in [6, 6.07) is 0. The van der Waals surface area contributed by atoms with E-state index in [9.17, 15) is 4.39 Å². The van der Waals surface area contributed by atoms with Gasteiger partial charge < -0.3 is 4.74 Å². The molecule has 0 aliphatic rings. The first-order chi connectivity index (χ1) is 4.83. The Morgan fingerprint density at radius 2 is 2.30 bits per heavy atom. The molecule has 4 heteroatoms. The molecule has 0 radical (unpaired) electrons. The normalized spacial score (nSPS) is 9.40. The molecule has 0 saturated carbocycles. The molecule has 0 aliphatic heterocycles. The molecule has 0 fully saturated rings. The molecule has 54 valence electrons. The lowest BCUT2D eigenvalue weighted by atomic mass is 10.5. The summed E-state index contributed by atoms with van der Waals surface area (Å²) in [5.74, 6) is 0.216. The van der Waals surface area contributed by atoms with Gasteiger partial charge in [-0.05, 0) is 6.92 Å². The largest absolute Gasteiger partial charge is 0.445 e. The van der Waals surface area contributed by atoms with Crippen molar-refractivity contribution in [3.63, 3.8) is 0 Å². The van der Waals surface area contributed by atoms with E-state index in [1.54, 1.807) is 6.92 Å². The summed E-state index contributed by atoms with van der Waals surface area (Å²) in [7, 11) is 0. The number of ether oxygens (including phenoxy) is 1. The van der Waals surface area contributed by atoms with E-state index in [4.69, 9.17) is 0 Å². The molecule has 0 aliphatic carbocycles. The van der Waals surface area contributed by atoms with Crippen LogP contribution in [0.5, 0.6) is 5.88 Å². The monoisotopic (exact) mass is 142 g/mol. The van der Waals surface area contributed by atoms with Crippen LogP contribution in [-0.2, 0) is 0 Å². The average molecular weight is 142 g/mol. The first kappa shape index (κ1) is 6.92. The number of aromatic nitrogens is 2. The van der Waals surface area contributed by atoms with Crippen molar-refractivity contribution in [3.05, 3.63) is 18.1 Å². The molecule has 0 aromatic carbocycles. The van der Waals surface area contributed by atoms with Crippen LogP contribution in [0.25, 0.3) is 0 Å². The number of hydrogen-bond donors (Lipinski definition) is 0. The molecular formula is C6H7FN2O. The number of aryl methyl sites for hydroxylation is 1. The van der Waals surface area contributed by atoms with Crippen molar-refractivity contribution in [2.75, 3.05) is 6.86 Å². The summed E-state index contributed by atoms with van der Waals surface area (Å²) in [5.41, 5.74) is 0.784. The molecule has 0 N–H and O–H groups in total. The number of nitrogens with zero attached hydrogens (tertiary/aromatic N) is 2. The fraction of sp³-hybridized carbons (Fsp3) is 0.333. The summed E-state index contributed by atoms with van der Waals surface area (Å²) in [4.78, 5) is 7.59. The van der Waals surface area contributed by atoms with Crippen LogP contribution in [0.1, 0.15) is 5.69 Å². The minimum absolute atomic E-state index is 0.216. The zero-order valence-electron chi connectivity index (χ0n) is 5.54. The van der Waals surface area contributed by atoms with E-state index in [2.05, 4.69) is 14.7 Å². The lowest BCUT2D eigenvalue weighted by Gasteiger charge is -1.97. The quantitative estimate of drug-likeness (QED) is 0.620. The predicted molar refractivity (Wildman–Crippen MR) is 33.4 cm³/mol. The fourth-order valence-electron chi connectivity index (χ4n) is 0.511. The molecule has 0 saturated heterocycles.